The van der Waals surface area contributed by atoms with E-state index in [-0.39, 0.29) is 28.7 Å². The molecule has 1 amide bonds. The number of rotatable bonds is 8. The number of likely N-dealkylation sites (N-methyl/N-ethyl adjacent to an activating group) is 1. The minimum absolute atomic E-state index is 0.0614. The van der Waals surface area contributed by atoms with E-state index < -0.39 is 23.1 Å². The average Bonchev–Trinajstić information content (AvgIpc) is 3.44. The van der Waals surface area contributed by atoms with Crippen LogP contribution in [-0.2, 0) is 0 Å². The van der Waals surface area contributed by atoms with Crippen LogP contribution in [0.4, 0.5) is 20.3 Å². The van der Waals surface area contributed by atoms with Crippen LogP contribution in [0.25, 0.3) is 16.7 Å². The molecule has 11 nitrogen and oxygen atoms in total. The zero-order chi connectivity index (χ0) is 30.8. The van der Waals surface area contributed by atoms with E-state index in [0.29, 0.717) is 22.6 Å². The number of halogens is 2. The third-order valence-corrected chi connectivity index (χ3v) is 7.45. The standard InChI is InChI=1S/C31H30F2N8O3/c1-39(2)18-22-5-3-4-16-40(22)29-27-26(13-14-34-28(27)37-38-29)44-25-11-8-20(17-24(25)33)36-30(42)23-12-15-35-41(31(23)43)21-9-6-19(32)7-10-21/h6-15,17,22H,3-5,16,18H2,1-2H3,(H,36,42)(H,34,37,38). The summed E-state index contributed by atoms with van der Waals surface area (Å²) in [6, 6.07) is 12.3. The lowest BCUT2D eigenvalue weighted by Gasteiger charge is -2.37. The molecule has 13 heteroatoms. The second-order valence-corrected chi connectivity index (χ2v) is 10.8. The molecule has 44 heavy (non-hydrogen) atoms. The first-order valence-electron chi connectivity index (χ1n) is 14.2. The summed E-state index contributed by atoms with van der Waals surface area (Å²) >= 11 is 0. The van der Waals surface area contributed by atoms with Gasteiger partial charge in [-0.25, -0.2) is 13.8 Å². The van der Waals surface area contributed by atoms with E-state index in [1.807, 2.05) is 14.1 Å². The van der Waals surface area contributed by atoms with Gasteiger partial charge in [0.25, 0.3) is 11.5 Å². The molecule has 1 unspecified atom stereocenters. The summed E-state index contributed by atoms with van der Waals surface area (Å²) in [5.41, 5.74) is 0.00372. The van der Waals surface area contributed by atoms with E-state index in [9.17, 15) is 14.0 Å². The quantitative estimate of drug-likeness (QED) is 0.262. The van der Waals surface area contributed by atoms with Crippen LogP contribution in [0.1, 0.15) is 29.6 Å². The van der Waals surface area contributed by atoms with Gasteiger partial charge < -0.3 is 19.9 Å². The topological polar surface area (TPSA) is 121 Å². The van der Waals surface area contributed by atoms with Crippen LogP contribution in [0.5, 0.6) is 11.5 Å². The van der Waals surface area contributed by atoms with Gasteiger partial charge in [-0.05, 0) is 75.8 Å². The zero-order valence-corrected chi connectivity index (χ0v) is 24.1. The highest BCUT2D eigenvalue weighted by Gasteiger charge is 2.28. The van der Waals surface area contributed by atoms with Crippen molar-refractivity contribution in [3.63, 3.8) is 0 Å². The van der Waals surface area contributed by atoms with Gasteiger partial charge in [0, 0.05) is 49.3 Å². The van der Waals surface area contributed by atoms with Crippen molar-refractivity contribution in [3.8, 4) is 17.2 Å². The number of nitrogens with one attached hydrogen (secondary N) is 2. The highest BCUT2D eigenvalue weighted by atomic mass is 19.1. The fourth-order valence-corrected chi connectivity index (χ4v) is 5.42. The number of pyridine rings is 1. The Morgan fingerprint density at radius 2 is 1.89 bits per heavy atom. The molecular weight excluding hydrogens is 570 g/mol. The molecule has 2 N–H and O–H groups in total. The number of benzene rings is 2. The molecule has 6 rings (SSSR count). The van der Waals surface area contributed by atoms with Gasteiger partial charge in [0.2, 0.25) is 0 Å². The van der Waals surface area contributed by atoms with Gasteiger partial charge in [0.05, 0.1) is 5.69 Å². The number of H-pyrrole nitrogens is 1. The summed E-state index contributed by atoms with van der Waals surface area (Å²) < 4.78 is 35.7. The first-order valence-corrected chi connectivity index (χ1v) is 14.2. The molecule has 226 valence electrons. The lowest BCUT2D eigenvalue weighted by molar-refractivity contribution is 0.102. The fourth-order valence-electron chi connectivity index (χ4n) is 5.42. The molecule has 0 spiro atoms. The molecule has 1 aliphatic heterocycles. The lowest BCUT2D eigenvalue weighted by Crippen LogP contribution is -2.45. The van der Waals surface area contributed by atoms with Crippen molar-refractivity contribution in [3.05, 3.63) is 94.5 Å². The van der Waals surface area contributed by atoms with Gasteiger partial charge in [0.15, 0.2) is 23.0 Å². The first kappa shape index (κ1) is 28.9. The van der Waals surface area contributed by atoms with Gasteiger partial charge >= 0.3 is 0 Å². The predicted octanol–water partition coefficient (Wildman–Crippen LogP) is 4.75. The van der Waals surface area contributed by atoms with Crippen LogP contribution < -0.4 is 20.5 Å². The number of piperidine rings is 1. The number of hydrogen-bond acceptors (Lipinski definition) is 8. The van der Waals surface area contributed by atoms with Crippen LogP contribution in [0.3, 0.4) is 0 Å². The van der Waals surface area contributed by atoms with Crippen molar-refractivity contribution in [2.45, 2.75) is 25.3 Å². The number of carbonyl (C=O) groups is 1. The van der Waals surface area contributed by atoms with Crippen LogP contribution in [0.15, 0.2) is 71.8 Å². The molecule has 0 aliphatic carbocycles. The average molecular weight is 601 g/mol. The highest BCUT2D eigenvalue weighted by molar-refractivity contribution is 6.04. The molecule has 1 aliphatic rings. The molecule has 5 aromatic rings. The summed E-state index contributed by atoms with van der Waals surface area (Å²) in [4.78, 5) is 34.7. The van der Waals surface area contributed by atoms with Crippen molar-refractivity contribution < 1.29 is 18.3 Å². The number of anilines is 2. The molecular formula is C31H30F2N8O3. The Balaban J connectivity index is 1.23. The van der Waals surface area contributed by atoms with Gasteiger partial charge in [-0.1, -0.05) is 0 Å². The van der Waals surface area contributed by atoms with Gasteiger partial charge in [0.1, 0.15) is 22.5 Å². The number of ether oxygens (including phenoxy) is 1. The molecule has 3 aromatic heterocycles. The molecule has 1 fully saturated rings. The molecule has 1 saturated heterocycles. The number of carbonyl (C=O) groups excluding carboxylic acids is 1. The third-order valence-electron chi connectivity index (χ3n) is 7.45. The number of nitrogens with zero attached hydrogens (tertiary/aromatic N) is 6. The van der Waals surface area contributed by atoms with E-state index >= 15 is 4.39 Å². The third kappa shape index (κ3) is 5.86. The van der Waals surface area contributed by atoms with E-state index in [1.165, 1.54) is 48.7 Å². The van der Waals surface area contributed by atoms with Crippen LogP contribution in [0, 0.1) is 11.6 Å². The summed E-state index contributed by atoms with van der Waals surface area (Å²) in [6.45, 7) is 1.70. The van der Waals surface area contributed by atoms with Crippen molar-refractivity contribution in [1.29, 1.82) is 0 Å². The Labute approximate surface area is 251 Å². The maximum absolute atomic E-state index is 15.3. The van der Waals surface area contributed by atoms with Crippen molar-refractivity contribution >= 4 is 28.4 Å². The van der Waals surface area contributed by atoms with Crippen LogP contribution in [-0.4, -0.2) is 69.0 Å². The number of aromatic nitrogens is 5. The maximum Gasteiger partial charge on any atom is 0.284 e. The second-order valence-electron chi connectivity index (χ2n) is 10.8. The predicted molar refractivity (Wildman–Crippen MR) is 162 cm³/mol. The van der Waals surface area contributed by atoms with Crippen LogP contribution in [0.2, 0.25) is 0 Å². The van der Waals surface area contributed by atoms with Crippen molar-refractivity contribution in [1.82, 2.24) is 29.9 Å². The highest BCUT2D eigenvalue weighted by Crippen LogP contribution is 2.37. The van der Waals surface area contributed by atoms with E-state index in [2.05, 4.69) is 35.4 Å². The van der Waals surface area contributed by atoms with E-state index in [1.54, 1.807) is 12.3 Å². The Morgan fingerprint density at radius 1 is 1.07 bits per heavy atom. The Morgan fingerprint density at radius 3 is 2.66 bits per heavy atom. The summed E-state index contributed by atoms with van der Waals surface area (Å²) in [6.07, 6.45) is 6.05. The molecule has 2 aromatic carbocycles. The monoisotopic (exact) mass is 600 g/mol. The first-order chi connectivity index (χ1) is 21.3. The van der Waals surface area contributed by atoms with Crippen molar-refractivity contribution in [2.24, 2.45) is 0 Å². The van der Waals surface area contributed by atoms with Gasteiger partial charge in [-0.2, -0.15) is 14.9 Å². The number of amides is 1. The summed E-state index contributed by atoms with van der Waals surface area (Å²) in [5.74, 6) is -0.911. The lowest BCUT2D eigenvalue weighted by atomic mass is 10.0. The van der Waals surface area contributed by atoms with Crippen molar-refractivity contribution in [2.75, 3.05) is 37.4 Å². The number of hydrogen-bond donors (Lipinski definition) is 2. The normalized spacial score (nSPS) is 15.1. The smallest absolute Gasteiger partial charge is 0.284 e. The second kappa shape index (κ2) is 12.2. The van der Waals surface area contributed by atoms with Crippen LogP contribution >= 0.6 is 0 Å². The van der Waals surface area contributed by atoms with E-state index in [4.69, 9.17) is 4.74 Å². The number of aromatic amines is 1. The minimum atomic E-state index is -0.756. The Bertz CT molecular complexity index is 1870. The summed E-state index contributed by atoms with van der Waals surface area (Å²) in [5, 5.41) is 14.7. The molecule has 0 bridgehead atoms. The fraction of sp³-hybridized carbons (Fsp3) is 0.258. The van der Waals surface area contributed by atoms with Gasteiger partial charge in [-0.15, -0.1) is 0 Å². The zero-order valence-electron chi connectivity index (χ0n) is 24.1. The largest absolute Gasteiger partial charge is 0.453 e. The Kier molecular flexibility index (Phi) is 8.03. The maximum atomic E-state index is 15.3. The van der Waals surface area contributed by atoms with Gasteiger partial charge in [-0.3, -0.25) is 14.7 Å². The molecule has 1 atom stereocenters. The molecule has 0 saturated carbocycles. The molecule has 0 radical (unpaired) electrons. The number of fused-ring (bicyclic) bond motifs is 1. The van der Waals surface area contributed by atoms with E-state index in [0.717, 1.165) is 43.1 Å². The Hall–Kier alpha value is -5.17. The SMILES string of the molecule is CN(C)CC1CCCCN1c1n[nH]c2nccc(Oc3ccc(NC(=O)c4ccnn(-c5ccc(F)cc5)c4=O)cc3F)c12. The summed E-state index contributed by atoms with van der Waals surface area (Å²) in [7, 11) is 4.09. The minimum Gasteiger partial charge on any atom is -0.453 e. The molecule has 4 heterocycles.